The van der Waals surface area contributed by atoms with E-state index >= 15 is 0 Å². The molecule has 1 amide bonds. The molecule has 8 heteroatoms. The van der Waals surface area contributed by atoms with Crippen LogP contribution in [0.1, 0.15) is 23.3 Å². The van der Waals surface area contributed by atoms with Gasteiger partial charge in [0.25, 0.3) is 5.91 Å². The fraction of sp³-hybridized carbons (Fsp3) is 0.545. The van der Waals surface area contributed by atoms with Gasteiger partial charge in [-0.15, -0.1) is 0 Å². The average molecular weight is 283 g/mol. The lowest BCUT2D eigenvalue weighted by atomic mass is 10.2. The number of hydrazine groups is 1. The first-order valence-corrected chi connectivity index (χ1v) is 6.51. The minimum absolute atomic E-state index is 0.200. The van der Waals surface area contributed by atoms with E-state index in [-0.39, 0.29) is 12.0 Å². The number of carbonyl (C=O) groups excluding carboxylic acids is 1. The summed E-state index contributed by atoms with van der Waals surface area (Å²) < 4.78 is 7.01. The van der Waals surface area contributed by atoms with Crippen LogP contribution in [0.4, 0.5) is 0 Å². The average Bonchev–Trinajstić information content (AvgIpc) is 3.04. The quantitative estimate of drug-likeness (QED) is 0.522. The molecule has 0 spiro atoms. The fourth-order valence-electron chi connectivity index (χ4n) is 1.77. The number of nitrogens with one attached hydrogen (secondary N) is 3. The molecule has 104 valence electrons. The van der Waals surface area contributed by atoms with E-state index in [1.54, 1.807) is 24.0 Å². The Labute approximate surface area is 116 Å². The summed E-state index contributed by atoms with van der Waals surface area (Å²) in [6, 6.07) is 1.62. The van der Waals surface area contributed by atoms with Gasteiger partial charge in [-0.1, -0.05) is 0 Å². The van der Waals surface area contributed by atoms with Gasteiger partial charge in [-0.3, -0.25) is 20.3 Å². The van der Waals surface area contributed by atoms with Crippen molar-refractivity contribution in [2.75, 3.05) is 13.2 Å². The highest BCUT2D eigenvalue weighted by Gasteiger charge is 2.15. The maximum Gasteiger partial charge on any atom is 0.290 e. The second-order valence-electron chi connectivity index (χ2n) is 4.30. The van der Waals surface area contributed by atoms with Gasteiger partial charge in [-0.05, 0) is 31.1 Å². The van der Waals surface area contributed by atoms with Crippen molar-refractivity contribution >= 4 is 23.2 Å². The number of ether oxygens (including phenoxy) is 1. The van der Waals surface area contributed by atoms with Crippen LogP contribution in [0.5, 0.6) is 0 Å². The van der Waals surface area contributed by atoms with Gasteiger partial charge in [0.1, 0.15) is 0 Å². The molecule has 7 nitrogen and oxygen atoms in total. The number of aryl methyl sites for hydroxylation is 1. The monoisotopic (exact) mass is 283 g/mol. The number of hydrogen-bond acceptors (Lipinski definition) is 4. The van der Waals surface area contributed by atoms with Gasteiger partial charge >= 0.3 is 0 Å². The maximum absolute atomic E-state index is 11.7. The van der Waals surface area contributed by atoms with Gasteiger partial charge < -0.3 is 10.1 Å². The first-order chi connectivity index (χ1) is 9.15. The van der Waals surface area contributed by atoms with Gasteiger partial charge in [0, 0.05) is 26.4 Å². The van der Waals surface area contributed by atoms with E-state index in [9.17, 15) is 4.79 Å². The number of hydrogen-bond donors (Lipinski definition) is 3. The van der Waals surface area contributed by atoms with Gasteiger partial charge in [-0.25, -0.2) is 0 Å². The Morgan fingerprint density at radius 3 is 3.11 bits per heavy atom. The Morgan fingerprint density at radius 2 is 2.47 bits per heavy atom. The molecule has 1 aliphatic heterocycles. The molecule has 19 heavy (non-hydrogen) atoms. The van der Waals surface area contributed by atoms with Crippen molar-refractivity contribution < 1.29 is 9.53 Å². The lowest BCUT2D eigenvalue weighted by molar-refractivity contribution is 0.0937. The van der Waals surface area contributed by atoms with E-state index in [1.807, 2.05) is 0 Å². The zero-order valence-electron chi connectivity index (χ0n) is 10.7. The van der Waals surface area contributed by atoms with E-state index in [0.29, 0.717) is 17.4 Å². The SMILES string of the molecule is Cn1ccc(C(=O)NNC(=S)NC[C@H]2CCCO2)n1. The summed E-state index contributed by atoms with van der Waals surface area (Å²) in [6.07, 6.45) is 4.02. The van der Waals surface area contributed by atoms with Crippen LogP contribution in [0.3, 0.4) is 0 Å². The predicted molar refractivity (Wildman–Crippen MR) is 73.4 cm³/mol. The van der Waals surface area contributed by atoms with Crippen molar-refractivity contribution in [3.05, 3.63) is 18.0 Å². The molecular weight excluding hydrogens is 266 g/mol. The minimum Gasteiger partial charge on any atom is -0.376 e. The van der Waals surface area contributed by atoms with Gasteiger partial charge in [0.2, 0.25) is 0 Å². The number of carbonyl (C=O) groups is 1. The molecular formula is C11H17N5O2S. The van der Waals surface area contributed by atoms with Crippen LogP contribution < -0.4 is 16.2 Å². The Morgan fingerprint density at radius 1 is 1.63 bits per heavy atom. The van der Waals surface area contributed by atoms with E-state index in [4.69, 9.17) is 17.0 Å². The minimum atomic E-state index is -0.332. The number of thiocarbonyl (C=S) groups is 1. The third-order valence-corrected chi connectivity index (χ3v) is 3.00. The van der Waals surface area contributed by atoms with Gasteiger partial charge in [0.05, 0.1) is 6.10 Å². The molecule has 3 N–H and O–H groups in total. The first kappa shape index (κ1) is 13.8. The van der Waals surface area contributed by atoms with Gasteiger partial charge in [0.15, 0.2) is 10.8 Å². The number of aromatic nitrogens is 2. The molecule has 0 bridgehead atoms. The molecule has 1 aromatic heterocycles. The van der Waals surface area contributed by atoms with E-state index in [2.05, 4.69) is 21.3 Å². The molecule has 1 aromatic rings. The molecule has 0 saturated carbocycles. The summed E-state index contributed by atoms with van der Waals surface area (Å²) in [5.74, 6) is -0.332. The second kappa shape index (κ2) is 6.48. The molecule has 2 rings (SSSR count). The third-order valence-electron chi connectivity index (χ3n) is 2.75. The molecule has 0 unspecified atom stereocenters. The Balaban J connectivity index is 1.66. The van der Waals surface area contributed by atoms with Crippen molar-refractivity contribution in [3.8, 4) is 0 Å². The summed E-state index contributed by atoms with van der Waals surface area (Å²) in [4.78, 5) is 11.7. The van der Waals surface area contributed by atoms with Crippen LogP contribution in [-0.2, 0) is 11.8 Å². The van der Waals surface area contributed by atoms with Crippen molar-refractivity contribution in [2.45, 2.75) is 18.9 Å². The largest absolute Gasteiger partial charge is 0.376 e. The predicted octanol–water partition coefficient (Wildman–Crippen LogP) is -0.292. The Bertz CT molecular complexity index is 456. The van der Waals surface area contributed by atoms with Crippen molar-refractivity contribution in [1.29, 1.82) is 0 Å². The van der Waals surface area contributed by atoms with Crippen LogP contribution >= 0.6 is 12.2 Å². The van der Waals surface area contributed by atoms with E-state index in [0.717, 1.165) is 19.4 Å². The van der Waals surface area contributed by atoms with Crippen LogP contribution in [0.25, 0.3) is 0 Å². The Hall–Kier alpha value is -1.67. The number of nitrogens with zero attached hydrogens (tertiary/aromatic N) is 2. The van der Waals surface area contributed by atoms with Crippen molar-refractivity contribution in [1.82, 2.24) is 25.9 Å². The molecule has 1 fully saturated rings. The molecule has 1 atom stereocenters. The van der Waals surface area contributed by atoms with Crippen LogP contribution in [0.15, 0.2) is 12.3 Å². The van der Waals surface area contributed by atoms with E-state index < -0.39 is 0 Å². The lowest BCUT2D eigenvalue weighted by Crippen LogP contribution is -2.48. The zero-order chi connectivity index (χ0) is 13.7. The molecule has 0 radical (unpaired) electrons. The molecule has 1 aliphatic rings. The highest BCUT2D eigenvalue weighted by molar-refractivity contribution is 7.80. The Kier molecular flexibility index (Phi) is 4.69. The smallest absolute Gasteiger partial charge is 0.290 e. The van der Waals surface area contributed by atoms with Crippen molar-refractivity contribution in [2.24, 2.45) is 7.05 Å². The van der Waals surface area contributed by atoms with Crippen molar-refractivity contribution in [3.63, 3.8) is 0 Å². The summed E-state index contributed by atoms with van der Waals surface area (Å²) in [7, 11) is 1.75. The second-order valence-corrected chi connectivity index (χ2v) is 4.71. The standard InChI is InChI=1S/C11H17N5O2S/c1-16-5-4-9(15-16)10(17)13-14-11(19)12-7-8-3-2-6-18-8/h4-5,8H,2-3,6-7H2,1H3,(H,13,17)(H2,12,14,19)/t8-/m1/s1. The lowest BCUT2D eigenvalue weighted by Gasteiger charge is -2.14. The first-order valence-electron chi connectivity index (χ1n) is 6.10. The summed E-state index contributed by atoms with van der Waals surface area (Å²) >= 11 is 5.04. The highest BCUT2D eigenvalue weighted by Crippen LogP contribution is 2.10. The molecule has 0 aromatic carbocycles. The molecule has 2 heterocycles. The van der Waals surface area contributed by atoms with Crippen LogP contribution in [0, 0.1) is 0 Å². The number of amides is 1. The topological polar surface area (TPSA) is 80.2 Å². The van der Waals surface area contributed by atoms with Gasteiger partial charge in [-0.2, -0.15) is 5.10 Å². The van der Waals surface area contributed by atoms with Crippen LogP contribution in [0.2, 0.25) is 0 Å². The summed E-state index contributed by atoms with van der Waals surface area (Å²) in [5, 5.41) is 7.33. The summed E-state index contributed by atoms with van der Waals surface area (Å²) in [6.45, 7) is 1.45. The van der Waals surface area contributed by atoms with Crippen LogP contribution in [-0.4, -0.2) is 40.1 Å². The number of rotatable bonds is 3. The highest BCUT2D eigenvalue weighted by atomic mass is 32.1. The summed E-state index contributed by atoms with van der Waals surface area (Å²) in [5.41, 5.74) is 5.44. The van der Waals surface area contributed by atoms with E-state index in [1.165, 1.54) is 0 Å². The fourth-order valence-corrected chi connectivity index (χ4v) is 1.90. The maximum atomic E-state index is 11.7. The zero-order valence-corrected chi connectivity index (χ0v) is 11.5. The normalized spacial score (nSPS) is 18.1. The molecule has 0 aliphatic carbocycles. The third kappa shape index (κ3) is 4.18. The molecule has 1 saturated heterocycles.